The van der Waals surface area contributed by atoms with E-state index in [9.17, 15) is 13.2 Å². The number of hydrogen-bond acceptors (Lipinski definition) is 3. The lowest BCUT2D eigenvalue weighted by Crippen LogP contribution is -2.43. The summed E-state index contributed by atoms with van der Waals surface area (Å²) in [5, 5.41) is 0.515. The number of rotatable bonds is 4. The van der Waals surface area contributed by atoms with E-state index in [1.807, 2.05) is 20.8 Å². The van der Waals surface area contributed by atoms with Crippen molar-refractivity contribution < 1.29 is 13.2 Å². The van der Waals surface area contributed by atoms with Gasteiger partial charge in [-0.25, -0.2) is 8.42 Å². The van der Waals surface area contributed by atoms with Crippen LogP contribution in [0, 0.1) is 23.7 Å². The molecule has 126 valence electrons. The predicted molar refractivity (Wildman–Crippen MR) is 92.2 cm³/mol. The van der Waals surface area contributed by atoms with Gasteiger partial charge in [0.1, 0.15) is 5.78 Å². The molecule has 2 saturated carbocycles. The van der Waals surface area contributed by atoms with E-state index in [2.05, 4.69) is 4.72 Å². The van der Waals surface area contributed by atoms with Crippen LogP contribution < -0.4 is 4.72 Å². The van der Waals surface area contributed by atoms with Gasteiger partial charge in [-0.3, -0.25) is 9.52 Å². The van der Waals surface area contributed by atoms with E-state index in [-0.39, 0.29) is 17.0 Å². The molecule has 2 bridgehead atoms. The maximum atomic E-state index is 12.7. The molecule has 2 aliphatic rings. The van der Waals surface area contributed by atoms with Crippen LogP contribution in [-0.4, -0.2) is 20.0 Å². The molecule has 1 aromatic carbocycles. The molecule has 2 fully saturated rings. The molecule has 2 aliphatic carbocycles. The first-order valence-corrected chi connectivity index (χ1v) is 9.90. The highest BCUT2D eigenvalue weighted by Crippen LogP contribution is 2.64. The second-order valence-corrected chi connectivity index (χ2v) is 9.62. The zero-order valence-electron chi connectivity index (χ0n) is 13.6. The van der Waals surface area contributed by atoms with Crippen LogP contribution in [0.5, 0.6) is 0 Å². The molecular weight excluding hydrogens is 334 g/mol. The molecule has 23 heavy (non-hydrogen) atoms. The average Bonchev–Trinajstić information content (AvgIpc) is 2.76. The molecule has 0 aliphatic heterocycles. The zero-order valence-corrected chi connectivity index (χ0v) is 15.2. The van der Waals surface area contributed by atoms with Crippen LogP contribution >= 0.6 is 11.6 Å². The van der Waals surface area contributed by atoms with E-state index < -0.39 is 15.4 Å². The molecule has 0 radical (unpaired) electrons. The Bertz CT molecular complexity index is 772. The highest BCUT2D eigenvalue weighted by atomic mass is 35.5. The first-order valence-electron chi connectivity index (χ1n) is 7.87. The monoisotopic (exact) mass is 355 g/mol. The van der Waals surface area contributed by atoms with Crippen molar-refractivity contribution in [3.63, 3.8) is 0 Å². The molecule has 0 heterocycles. The van der Waals surface area contributed by atoms with Crippen LogP contribution in [0.4, 0.5) is 5.69 Å². The van der Waals surface area contributed by atoms with E-state index in [0.29, 0.717) is 29.5 Å². The Labute approximate surface area is 142 Å². The standard InChI is InChI=1S/C17H22ClNO3S/c1-11-4-5-13(9-14(11)18)19-23(21,22)10-17-7-6-12(8-15(17)20)16(17,2)3/h4-5,9,12,19H,6-8,10H2,1-3H3/t12-,17+/m0/s1. The lowest BCUT2D eigenvalue weighted by Gasteiger charge is -2.36. The third kappa shape index (κ3) is 2.58. The molecule has 1 N–H and O–H groups in total. The topological polar surface area (TPSA) is 63.2 Å². The lowest BCUT2D eigenvalue weighted by molar-refractivity contribution is -0.128. The average molecular weight is 356 g/mol. The van der Waals surface area contributed by atoms with Gasteiger partial charge >= 0.3 is 0 Å². The van der Waals surface area contributed by atoms with Gasteiger partial charge in [0.25, 0.3) is 0 Å². The van der Waals surface area contributed by atoms with Crippen LogP contribution in [0.15, 0.2) is 18.2 Å². The summed E-state index contributed by atoms with van der Waals surface area (Å²) in [6.45, 7) is 5.93. The highest BCUT2D eigenvalue weighted by molar-refractivity contribution is 7.92. The van der Waals surface area contributed by atoms with Gasteiger partial charge in [-0.15, -0.1) is 0 Å². The van der Waals surface area contributed by atoms with Crippen molar-refractivity contribution in [2.75, 3.05) is 10.5 Å². The Kier molecular flexibility index (Phi) is 3.80. The largest absolute Gasteiger partial charge is 0.299 e. The molecule has 6 heteroatoms. The first-order chi connectivity index (χ1) is 10.6. The first kappa shape index (κ1) is 16.8. The third-order valence-electron chi connectivity index (χ3n) is 6.02. The number of carbonyl (C=O) groups is 1. The van der Waals surface area contributed by atoms with Crippen LogP contribution in [0.3, 0.4) is 0 Å². The summed E-state index contributed by atoms with van der Waals surface area (Å²) >= 11 is 6.05. The fourth-order valence-electron chi connectivity index (χ4n) is 4.30. The molecule has 0 saturated heterocycles. The Morgan fingerprint density at radius 3 is 2.57 bits per heavy atom. The van der Waals surface area contributed by atoms with Crippen molar-refractivity contribution in [1.82, 2.24) is 0 Å². The second kappa shape index (κ2) is 5.21. The fourth-order valence-corrected chi connectivity index (χ4v) is 6.37. The summed E-state index contributed by atoms with van der Waals surface area (Å²) in [7, 11) is -3.62. The van der Waals surface area contributed by atoms with Crippen LogP contribution in [-0.2, 0) is 14.8 Å². The Hall–Kier alpha value is -1.07. The summed E-state index contributed by atoms with van der Waals surface area (Å²) in [6.07, 6.45) is 2.11. The van der Waals surface area contributed by atoms with Crippen molar-refractivity contribution in [3.05, 3.63) is 28.8 Å². The fraction of sp³-hybridized carbons (Fsp3) is 0.588. The maximum Gasteiger partial charge on any atom is 0.233 e. The summed E-state index contributed by atoms with van der Waals surface area (Å²) in [4.78, 5) is 12.5. The SMILES string of the molecule is Cc1ccc(NS(=O)(=O)C[C@]23CC[C@@H](CC2=O)C3(C)C)cc1Cl. The molecule has 3 rings (SSSR count). The number of hydrogen-bond donors (Lipinski definition) is 1. The highest BCUT2D eigenvalue weighted by Gasteiger charge is 2.65. The van der Waals surface area contributed by atoms with Crippen molar-refractivity contribution in [2.24, 2.45) is 16.7 Å². The van der Waals surface area contributed by atoms with E-state index in [1.54, 1.807) is 18.2 Å². The minimum Gasteiger partial charge on any atom is -0.299 e. The zero-order chi connectivity index (χ0) is 17.0. The van der Waals surface area contributed by atoms with Gasteiger partial charge in [0, 0.05) is 17.1 Å². The van der Waals surface area contributed by atoms with Gasteiger partial charge in [-0.1, -0.05) is 31.5 Å². The summed E-state index contributed by atoms with van der Waals surface area (Å²) in [5.74, 6) is 0.262. The molecule has 0 aromatic heterocycles. The molecule has 0 spiro atoms. The van der Waals surface area contributed by atoms with Crippen LogP contribution in [0.1, 0.15) is 38.7 Å². The van der Waals surface area contributed by atoms with Crippen molar-refractivity contribution in [1.29, 1.82) is 0 Å². The third-order valence-corrected chi connectivity index (χ3v) is 7.85. The van der Waals surface area contributed by atoms with Crippen molar-refractivity contribution in [3.8, 4) is 0 Å². The molecule has 4 nitrogen and oxygen atoms in total. The number of sulfonamides is 1. The number of carbonyl (C=O) groups excluding carboxylic acids is 1. The van der Waals surface area contributed by atoms with Crippen molar-refractivity contribution >= 4 is 33.1 Å². The van der Waals surface area contributed by atoms with Crippen LogP contribution in [0.25, 0.3) is 0 Å². The van der Waals surface area contributed by atoms with Gasteiger partial charge in [0.15, 0.2) is 0 Å². The number of nitrogens with one attached hydrogen (secondary N) is 1. The van der Waals surface area contributed by atoms with E-state index in [0.717, 1.165) is 12.0 Å². The molecular formula is C17H22ClNO3S. The minimum absolute atomic E-state index is 0.103. The number of fused-ring (bicyclic) bond motifs is 2. The maximum absolute atomic E-state index is 12.7. The normalized spacial score (nSPS) is 29.0. The van der Waals surface area contributed by atoms with Gasteiger partial charge in [-0.2, -0.15) is 0 Å². The minimum atomic E-state index is -3.62. The number of anilines is 1. The molecule has 1 aromatic rings. The smallest absolute Gasteiger partial charge is 0.233 e. The number of Topliss-reactive ketones (excluding diaryl/α,β-unsaturated/α-hetero) is 1. The number of aryl methyl sites for hydroxylation is 1. The Morgan fingerprint density at radius 1 is 1.35 bits per heavy atom. The van der Waals surface area contributed by atoms with E-state index in [1.165, 1.54) is 0 Å². The van der Waals surface area contributed by atoms with Gasteiger partial charge < -0.3 is 0 Å². The van der Waals surface area contributed by atoms with Gasteiger partial charge in [0.05, 0.1) is 11.2 Å². The van der Waals surface area contributed by atoms with E-state index in [4.69, 9.17) is 11.6 Å². The van der Waals surface area contributed by atoms with Gasteiger partial charge in [-0.05, 0) is 48.8 Å². The Morgan fingerprint density at radius 2 is 2.04 bits per heavy atom. The van der Waals surface area contributed by atoms with Gasteiger partial charge in [0.2, 0.25) is 10.0 Å². The number of ketones is 1. The molecule has 0 unspecified atom stereocenters. The quantitative estimate of drug-likeness (QED) is 0.893. The summed E-state index contributed by atoms with van der Waals surface area (Å²) in [6, 6.07) is 5.06. The second-order valence-electron chi connectivity index (χ2n) is 7.49. The Balaban J connectivity index is 1.86. The molecule has 2 atom stereocenters. The van der Waals surface area contributed by atoms with E-state index >= 15 is 0 Å². The van der Waals surface area contributed by atoms with Crippen molar-refractivity contribution in [2.45, 2.75) is 40.0 Å². The number of benzene rings is 1. The summed E-state index contributed by atoms with van der Waals surface area (Å²) in [5.41, 5.74) is 0.315. The lowest BCUT2D eigenvalue weighted by atomic mass is 9.70. The van der Waals surface area contributed by atoms with Crippen LogP contribution in [0.2, 0.25) is 5.02 Å². The number of halogens is 1. The summed E-state index contributed by atoms with van der Waals surface area (Å²) < 4.78 is 27.9. The predicted octanol–water partition coefficient (Wildman–Crippen LogP) is 3.79. The molecule has 0 amide bonds.